The number of hydrogen-bond donors (Lipinski definition) is 2. The molecule has 0 saturated heterocycles. The maximum Gasteiger partial charge on any atom is 0.258 e. The summed E-state index contributed by atoms with van der Waals surface area (Å²) in [6.45, 7) is 3.42. The van der Waals surface area contributed by atoms with E-state index in [1.54, 1.807) is 19.1 Å². The molecule has 2 aromatic carbocycles. The van der Waals surface area contributed by atoms with Crippen LogP contribution in [0.1, 0.15) is 24.2 Å². The Morgan fingerprint density at radius 2 is 1.84 bits per heavy atom. The highest BCUT2D eigenvalue weighted by atomic mass is 32.2. The lowest BCUT2D eigenvalue weighted by molar-refractivity contribution is 0.0387. The number of rotatable bonds is 9. The van der Waals surface area contributed by atoms with Crippen LogP contribution in [0.25, 0.3) is 0 Å². The second-order valence-electron chi connectivity index (χ2n) is 9.17. The summed E-state index contributed by atoms with van der Waals surface area (Å²) in [5, 5.41) is 9.78. The van der Waals surface area contributed by atoms with Crippen molar-refractivity contribution in [2.75, 3.05) is 44.8 Å². The SMILES string of the molecule is COc1ccc(S(=O)(=O)N(C)C[C@@H]2Oc3ccc(NS(C)(=O)=O)cc3C(=O)N([C@H](C)CO)C[C@H]2C)cc1. The normalized spacial score (nSPS) is 19.4. The van der Waals surface area contributed by atoms with Crippen LogP contribution in [0, 0.1) is 5.92 Å². The Hall–Kier alpha value is -2.87. The third-order valence-corrected chi connectivity index (χ3v) is 8.62. The molecule has 3 rings (SSSR count). The van der Waals surface area contributed by atoms with Crippen LogP contribution in [-0.4, -0.2) is 89.3 Å². The smallest absolute Gasteiger partial charge is 0.258 e. The van der Waals surface area contributed by atoms with E-state index in [-0.39, 0.29) is 47.5 Å². The van der Waals surface area contributed by atoms with Gasteiger partial charge in [-0.2, -0.15) is 4.31 Å². The van der Waals surface area contributed by atoms with Crippen LogP contribution < -0.4 is 14.2 Å². The van der Waals surface area contributed by atoms with Gasteiger partial charge in [-0.3, -0.25) is 9.52 Å². The van der Waals surface area contributed by atoms with Crippen molar-refractivity contribution < 1.29 is 36.2 Å². The Kier molecular flexibility index (Phi) is 8.73. The number of aliphatic hydroxyl groups is 1. The van der Waals surface area contributed by atoms with E-state index in [0.717, 1.165) is 6.26 Å². The van der Waals surface area contributed by atoms with Gasteiger partial charge in [0, 0.05) is 25.2 Å². The summed E-state index contributed by atoms with van der Waals surface area (Å²) in [5.74, 6) is -0.0275. The van der Waals surface area contributed by atoms with E-state index in [1.165, 1.54) is 53.7 Å². The van der Waals surface area contributed by atoms with Crippen LogP contribution in [0.2, 0.25) is 0 Å². The number of aliphatic hydroxyl groups excluding tert-OH is 1. The third kappa shape index (κ3) is 6.72. The second-order valence-corrected chi connectivity index (χ2v) is 13.0. The molecule has 0 radical (unpaired) electrons. The number of methoxy groups -OCH3 is 1. The molecule has 2 aromatic rings. The fraction of sp³-hybridized carbons (Fsp3) is 0.458. The summed E-state index contributed by atoms with van der Waals surface area (Å²) in [5.41, 5.74) is 0.283. The second kappa shape index (κ2) is 11.3. The first kappa shape index (κ1) is 28.7. The first-order valence-electron chi connectivity index (χ1n) is 11.6. The number of likely N-dealkylation sites (N-methyl/N-ethyl adjacent to an activating group) is 1. The molecular weight excluding hydrogens is 522 g/mol. The van der Waals surface area contributed by atoms with Crippen molar-refractivity contribution >= 4 is 31.6 Å². The summed E-state index contributed by atoms with van der Waals surface area (Å²) in [7, 11) is -4.50. The Labute approximate surface area is 218 Å². The monoisotopic (exact) mass is 555 g/mol. The van der Waals surface area contributed by atoms with Gasteiger partial charge in [0.25, 0.3) is 5.91 Å². The lowest BCUT2D eigenvalue weighted by atomic mass is 9.99. The zero-order valence-electron chi connectivity index (χ0n) is 21.4. The maximum atomic E-state index is 13.4. The zero-order chi connectivity index (χ0) is 27.5. The topological polar surface area (TPSA) is 143 Å². The van der Waals surface area contributed by atoms with E-state index in [9.17, 15) is 26.7 Å². The summed E-state index contributed by atoms with van der Waals surface area (Å²) in [6.07, 6.45) is 0.339. The van der Waals surface area contributed by atoms with Gasteiger partial charge in [0.1, 0.15) is 17.6 Å². The van der Waals surface area contributed by atoms with Crippen LogP contribution in [0.4, 0.5) is 5.69 Å². The number of carbonyl (C=O) groups excluding carboxylic acids is 1. The maximum absolute atomic E-state index is 13.4. The van der Waals surface area contributed by atoms with Gasteiger partial charge in [-0.25, -0.2) is 16.8 Å². The van der Waals surface area contributed by atoms with Gasteiger partial charge in [0.15, 0.2) is 0 Å². The molecule has 1 aliphatic heterocycles. The molecule has 11 nitrogen and oxygen atoms in total. The van der Waals surface area contributed by atoms with Crippen LogP contribution in [0.3, 0.4) is 0 Å². The standard InChI is InChI=1S/C24H33N3O8S2/c1-16-13-27(17(2)15-28)24(29)21-12-18(25-36(5,30)31)6-11-22(21)35-23(16)14-26(3)37(32,33)20-9-7-19(34-4)8-10-20/h6-12,16-17,23,25,28H,13-15H2,1-5H3/t16-,17-,23+/m1/s1. The molecule has 13 heteroatoms. The van der Waals surface area contributed by atoms with Crippen LogP contribution in [0.15, 0.2) is 47.4 Å². The molecule has 0 unspecified atom stereocenters. The molecule has 0 spiro atoms. The largest absolute Gasteiger partial charge is 0.497 e. The number of sulfonamides is 2. The van der Waals surface area contributed by atoms with E-state index in [1.807, 2.05) is 6.92 Å². The van der Waals surface area contributed by atoms with Crippen molar-refractivity contribution in [2.24, 2.45) is 5.92 Å². The Balaban J connectivity index is 1.97. The van der Waals surface area contributed by atoms with Gasteiger partial charge in [-0.05, 0) is 49.4 Å². The highest BCUT2D eigenvalue weighted by Crippen LogP contribution is 2.31. The van der Waals surface area contributed by atoms with Gasteiger partial charge in [0.2, 0.25) is 20.0 Å². The van der Waals surface area contributed by atoms with Crippen molar-refractivity contribution in [2.45, 2.75) is 30.9 Å². The number of hydrogen-bond acceptors (Lipinski definition) is 8. The Morgan fingerprint density at radius 3 is 2.41 bits per heavy atom. The molecule has 1 aliphatic rings. The van der Waals surface area contributed by atoms with Gasteiger partial charge >= 0.3 is 0 Å². The molecule has 3 atom stereocenters. The molecule has 0 aliphatic carbocycles. The van der Waals surface area contributed by atoms with E-state index >= 15 is 0 Å². The first-order chi connectivity index (χ1) is 17.3. The molecule has 1 amide bonds. The van der Waals surface area contributed by atoms with Gasteiger partial charge in [-0.15, -0.1) is 0 Å². The zero-order valence-corrected chi connectivity index (χ0v) is 23.0. The average Bonchev–Trinajstić information content (AvgIpc) is 2.85. The number of amides is 1. The Morgan fingerprint density at radius 1 is 1.19 bits per heavy atom. The van der Waals surface area contributed by atoms with Gasteiger partial charge < -0.3 is 19.5 Å². The van der Waals surface area contributed by atoms with Crippen LogP contribution in [0.5, 0.6) is 11.5 Å². The molecule has 0 fully saturated rings. The minimum Gasteiger partial charge on any atom is -0.497 e. The number of nitrogens with zero attached hydrogens (tertiary/aromatic N) is 2. The predicted molar refractivity (Wildman–Crippen MR) is 139 cm³/mol. The first-order valence-corrected chi connectivity index (χ1v) is 14.9. The summed E-state index contributed by atoms with van der Waals surface area (Å²) >= 11 is 0. The minimum absolute atomic E-state index is 0.0200. The van der Waals surface area contributed by atoms with Gasteiger partial charge in [-0.1, -0.05) is 6.92 Å². The highest BCUT2D eigenvalue weighted by Gasteiger charge is 2.35. The molecule has 37 heavy (non-hydrogen) atoms. The van der Waals surface area contributed by atoms with E-state index in [0.29, 0.717) is 5.75 Å². The van der Waals surface area contributed by atoms with Crippen molar-refractivity contribution in [3.05, 3.63) is 48.0 Å². The quantitative estimate of drug-likeness (QED) is 0.475. The molecule has 0 saturated carbocycles. The molecule has 1 heterocycles. The third-order valence-electron chi connectivity index (χ3n) is 6.17. The average molecular weight is 556 g/mol. The minimum atomic E-state index is -3.86. The fourth-order valence-electron chi connectivity index (χ4n) is 4.00. The molecule has 2 N–H and O–H groups in total. The summed E-state index contributed by atoms with van der Waals surface area (Å²) in [6, 6.07) is 9.83. The number of carbonyl (C=O) groups is 1. The number of fused-ring (bicyclic) bond motifs is 1. The van der Waals surface area contributed by atoms with E-state index in [2.05, 4.69) is 4.72 Å². The summed E-state index contributed by atoms with van der Waals surface area (Å²) in [4.78, 5) is 15.0. The van der Waals surface area contributed by atoms with Gasteiger partial charge in [0.05, 0.1) is 43.0 Å². The molecule has 0 aromatic heterocycles. The Bertz CT molecular complexity index is 1330. The molecular formula is C24H33N3O8S2. The lowest BCUT2D eigenvalue weighted by Crippen LogP contribution is -2.50. The van der Waals surface area contributed by atoms with E-state index < -0.39 is 38.1 Å². The number of ether oxygens (including phenoxy) is 2. The van der Waals surface area contributed by atoms with Crippen molar-refractivity contribution in [3.8, 4) is 11.5 Å². The van der Waals surface area contributed by atoms with Crippen molar-refractivity contribution in [3.63, 3.8) is 0 Å². The fourth-order valence-corrected chi connectivity index (χ4v) is 5.74. The van der Waals surface area contributed by atoms with E-state index in [4.69, 9.17) is 9.47 Å². The molecule has 0 bridgehead atoms. The number of nitrogens with one attached hydrogen (secondary N) is 1. The number of benzene rings is 2. The summed E-state index contributed by atoms with van der Waals surface area (Å²) < 4.78 is 64.7. The number of anilines is 1. The van der Waals surface area contributed by atoms with Crippen molar-refractivity contribution in [1.29, 1.82) is 0 Å². The van der Waals surface area contributed by atoms with Crippen LogP contribution >= 0.6 is 0 Å². The molecule has 204 valence electrons. The van der Waals surface area contributed by atoms with Crippen LogP contribution in [-0.2, 0) is 20.0 Å². The van der Waals surface area contributed by atoms with Crippen molar-refractivity contribution in [1.82, 2.24) is 9.21 Å². The lowest BCUT2D eigenvalue weighted by Gasteiger charge is -2.38. The predicted octanol–water partition coefficient (Wildman–Crippen LogP) is 1.61. The highest BCUT2D eigenvalue weighted by molar-refractivity contribution is 7.92.